The van der Waals surface area contributed by atoms with Gasteiger partial charge < -0.3 is 10.2 Å². The van der Waals surface area contributed by atoms with Crippen LogP contribution in [0, 0.1) is 0 Å². The maximum absolute atomic E-state index is 11.0. The highest BCUT2D eigenvalue weighted by Crippen LogP contribution is 2.16. The molecule has 0 atom stereocenters. The minimum atomic E-state index is -0.895. The Kier molecular flexibility index (Phi) is 2.49. The second kappa shape index (κ2) is 3.40. The topological polar surface area (TPSA) is 85.3 Å². The molecule has 12 heavy (non-hydrogen) atoms. The molecule has 3 N–H and O–H groups in total. The summed E-state index contributed by atoms with van der Waals surface area (Å²) in [6.45, 7) is 0. The maximum atomic E-state index is 11.0. The molecule has 0 aromatic carbocycles. The summed E-state index contributed by atoms with van der Waals surface area (Å²) >= 11 is 2.98. The van der Waals surface area contributed by atoms with Gasteiger partial charge in [-0.05, 0) is 22.0 Å². The lowest BCUT2D eigenvalue weighted by Crippen LogP contribution is -2.34. The quantitative estimate of drug-likeness (QED) is 0.753. The zero-order valence-corrected chi connectivity index (χ0v) is 7.42. The van der Waals surface area contributed by atoms with Gasteiger partial charge in [-0.25, -0.2) is 4.79 Å². The van der Waals surface area contributed by atoms with Gasteiger partial charge in [-0.2, -0.15) is 0 Å². The second-order valence-corrected chi connectivity index (χ2v) is 2.65. The summed E-state index contributed by atoms with van der Waals surface area (Å²) in [4.78, 5) is 21.3. The molecule has 0 fully saturated rings. The first-order chi connectivity index (χ1) is 5.61. The number of urea groups is 1. The number of furan rings is 1. The fourth-order valence-electron chi connectivity index (χ4n) is 0.635. The van der Waals surface area contributed by atoms with Gasteiger partial charge in [0.1, 0.15) is 0 Å². The molecule has 0 saturated carbocycles. The lowest BCUT2D eigenvalue weighted by atomic mass is 10.3. The molecule has 0 unspecified atom stereocenters. The highest BCUT2D eigenvalue weighted by Gasteiger charge is 2.13. The van der Waals surface area contributed by atoms with Crippen LogP contribution in [-0.2, 0) is 0 Å². The third-order valence-electron chi connectivity index (χ3n) is 1.10. The summed E-state index contributed by atoms with van der Waals surface area (Å²) in [5, 5.41) is 1.90. The maximum Gasteiger partial charge on any atom is 0.319 e. The first kappa shape index (κ1) is 8.79. The number of nitrogens with one attached hydrogen (secondary N) is 1. The van der Waals surface area contributed by atoms with Crippen molar-refractivity contribution in [3.63, 3.8) is 0 Å². The van der Waals surface area contributed by atoms with Gasteiger partial charge in [-0.3, -0.25) is 10.1 Å². The number of rotatable bonds is 1. The van der Waals surface area contributed by atoms with Gasteiger partial charge in [0, 0.05) is 0 Å². The van der Waals surface area contributed by atoms with E-state index in [4.69, 9.17) is 10.2 Å². The lowest BCUT2D eigenvalue weighted by Gasteiger charge is -1.96. The molecule has 0 bridgehead atoms. The molecule has 6 heteroatoms. The molecule has 1 aromatic heterocycles. The molecular weight excluding hydrogens is 228 g/mol. The zero-order chi connectivity index (χ0) is 9.14. The average molecular weight is 233 g/mol. The molecule has 0 spiro atoms. The molecule has 0 radical (unpaired) electrons. The third-order valence-corrected chi connectivity index (χ3v) is 1.71. The van der Waals surface area contributed by atoms with E-state index in [0.717, 1.165) is 0 Å². The smallest absolute Gasteiger partial charge is 0.319 e. The van der Waals surface area contributed by atoms with E-state index in [1.807, 2.05) is 5.32 Å². The van der Waals surface area contributed by atoms with Crippen molar-refractivity contribution < 1.29 is 14.0 Å². The monoisotopic (exact) mass is 232 g/mol. The number of imide groups is 1. The van der Waals surface area contributed by atoms with Crippen molar-refractivity contribution in [2.24, 2.45) is 5.73 Å². The Hall–Kier alpha value is -1.30. The van der Waals surface area contributed by atoms with Crippen molar-refractivity contribution in [1.82, 2.24) is 5.32 Å². The van der Waals surface area contributed by atoms with Crippen LogP contribution in [0.1, 0.15) is 10.4 Å². The highest BCUT2D eigenvalue weighted by atomic mass is 79.9. The first-order valence-electron chi connectivity index (χ1n) is 2.95. The van der Waals surface area contributed by atoms with Crippen molar-refractivity contribution in [3.05, 3.63) is 22.6 Å². The Labute approximate surface area is 76.0 Å². The Morgan fingerprint density at radius 3 is 2.67 bits per heavy atom. The number of carbonyl (C=O) groups excluding carboxylic acids is 2. The van der Waals surface area contributed by atoms with Crippen LogP contribution in [-0.4, -0.2) is 11.9 Å². The highest BCUT2D eigenvalue weighted by molar-refractivity contribution is 9.10. The van der Waals surface area contributed by atoms with Gasteiger partial charge >= 0.3 is 6.03 Å². The van der Waals surface area contributed by atoms with Crippen LogP contribution in [0.5, 0.6) is 0 Å². The van der Waals surface area contributed by atoms with Gasteiger partial charge in [-0.1, -0.05) is 0 Å². The van der Waals surface area contributed by atoms with Crippen molar-refractivity contribution in [2.75, 3.05) is 0 Å². The van der Waals surface area contributed by atoms with Gasteiger partial charge in [0.2, 0.25) is 0 Å². The Morgan fingerprint density at radius 1 is 1.58 bits per heavy atom. The fourth-order valence-corrected chi connectivity index (χ4v) is 1.06. The van der Waals surface area contributed by atoms with Crippen molar-refractivity contribution in [3.8, 4) is 0 Å². The lowest BCUT2D eigenvalue weighted by molar-refractivity contribution is 0.0964. The third kappa shape index (κ3) is 1.85. The van der Waals surface area contributed by atoms with Crippen LogP contribution in [0.4, 0.5) is 4.79 Å². The van der Waals surface area contributed by atoms with E-state index in [1.54, 1.807) is 0 Å². The van der Waals surface area contributed by atoms with Crippen molar-refractivity contribution in [2.45, 2.75) is 0 Å². The first-order valence-corrected chi connectivity index (χ1v) is 3.74. The SMILES string of the molecule is NC(=O)NC(=O)c1ccoc1Br. The molecular formula is C6H5BrN2O3. The molecule has 0 aliphatic carbocycles. The molecule has 1 heterocycles. The standard InChI is InChI=1S/C6H5BrN2O3/c7-4-3(1-2-12-4)5(10)9-6(8)11/h1-2H,(H3,8,9,10,11). The van der Waals surface area contributed by atoms with E-state index in [0.29, 0.717) is 0 Å². The molecule has 1 rings (SSSR count). The predicted molar refractivity (Wildman–Crippen MR) is 43.5 cm³/mol. The fraction of sp³-hybridized carbons (Fsp3) is 0. The van der Waals surface area contributed by atoms with Crippen LogP contribution in [0.2, 0.25) is 0 Å². The number of hydrogen-bond donors (Lipinski definition) is 2. The van der Waals surface area contributed by atoms with E-state index < -0.39 is 11.9 Å². The Balaban J connectivity index is 2.78. The van der Waals surface area contributed by atoms with Crippen LogP contribution in [0.25, 0.3) is 0 Å². The van der Waals surface area contributed by atoms with E-state index in [9.17, 15) is 9.59 Å². The number of carbonyl (C=O) groups is 2. The summed E-state index contributed by atoms with van der Waals surface area (Å²) in [5.41, 5.74) is 4.96. The normalized spacial score (nSPS) is 9.42. The van der Waals surface area contributed by atoms with Crippen molar-refractivity contribution in [1.29, 1.82) is 0 Å². The summed E-state index contributed by atoms with van der Waals surface area (Å²) < 4.78 is 5.04. The van der Waals surface area contributed by atoms with E-state index >= 15 is 0 Å². The number of nitrogens with two attached hydrogens (primary N) is 1. The summed E-state index contributed by atoms with van der Waals surface area (Å²) in [5.74, 6) is -0.594. The minimum absolute atomic E-state index is 0.230. The van der Waals surface area contributed by atoms with Gasteiger partial charge in [0.25, 0.3) is 5.91 Å². The Bertz CT molecular complexity index is 320. The summed E-state index contributed by atoms with van der Waals surface area (Å²) in [6, 6.07) is 0.524. The summed E-state index contributed by atoms with van der Waals surface area (Å²) in [7, 11) is 0. The predicted octanol–water partition coefficient (Wildman–Crippen LogP) is 0.851. The molecule has 1 aromatic rings. The molecule has 0 saturated heterocycles. The second-order valence-electron chi connectivity index (χ2n) is 1.93. The molecule has 0 aliphatic rings. The summed E-state index contributed by atoms with van der Waals surface area (Å²) in [6.07, 6.45) is 1.32. The minimum Gasteiger partial charge on any atom is -0.457 e. The average Bonchev–Trinajstić information content (AvgIpc) is 2.33. The number of hydrogen-bond acceptors (Lipinski definition) is 3. The van der Waals surface area contributed by atoms with Gasteiger partial charge in [-0.15, -0.1) is 0 Å². The largest absolute Gasteiger partial charge is 0.457 e. The van der Waals surface area contributed by atoms with Crippen LogP contribution < -0.4 is 11.1 Å². The molecule has 64 valence electrons. The Morgan fingerprint density at radius 2 is 2.25 bits per heavy atom. The van der Waals surface area contributed by atoms with E-state index in [1.165, 1.54) is 12.3 Å². The number of amides is 3. The van der Waals surface area contributed by atoms with Crippen LogP contribution in [0.15, 0.2) is 21.4 Å². The van der Waals surface area contributed by atoms with Crippen LogP contribution in [0.3, 0.4) is 0 Å². The molecule has 0 aliphatic heterocycles. The van der Waals surface area contributed by atoms with Crippen LogP contribution >= 0.6 is 15.9 Å². The number of primary amides is 1. The number of halogens is 1. The molecule has 5 nitrogen and oxygen atoms in total. The zero-order valence-electron chi connectivity index (χ0n) is 5.83. The molecule has 3 amide bonds. The van der Waals surface area contributed by atoms with E-state index in [-0.39, 0.29) is 10.2 Å². The van der Waals surface area contributed by atoms with Gasteiger partial charge in [0.15, 0.2) is 4.67 Å². The van der Waals surface area contributed by atoms with Gasteiger partial charge in [0.05, 0.1) is 11.8 Å². The van der Waals surface area contributed by atoms with Crippen molar-refractivity contribution >= 4 is 27.9 Å². The van der Waals surface area contributed by atoms with E-state index in [2.05, 4.69) is 15.9 Å².